The van der Waals surface area contributed by atoms with Crippen LogP contribution in [-0.4, -0.2) is 30.9 Å². The normalized spacial score (nSPS) is 13.5. The third-order valence-corrected chi connectivity index (χ3v) is 5.43. The molecule has 0 saturated carbocycles. The Morgan fingerprint density at radius 2 is 1.50 bits per heavy atom. The molecule has 0 fully saturated rings. The number of aryl methyl sites for hydroxylation is 1. The molecule has 0 spiro atoms. The molecule has 0 unspecified atom stereocenters. The van der Waals surface area contributed by atoms with Gasteiger partial charge >= 0.3 is 0 Å². The lowest BCUT2D eigenvalue weighted by Crippen LogP contribution is -2.32. The Hall–Kier alpha value is -4.06. The summed E-state index contributed by atoms with van der Waals surface area (Å²) in [5.41, 5.74) is 3.73. The second kappa shape index (κ2) is 8.98. The molecule has 0 bridgehead atoms. The summed E-state index contributed by atoms with van der Waals surface area (Å²) in [6, 6.07) is 22.3. The second-order valence-corrected chi connectivity index (χ2v) is 7.44. The van der Waals surface area contributed by atoms with Crippen molar-refractivity contribution in [2.24, 2.45) is 0 Å². The van der Waals surface area contributed by atoms with Crippen LogP contribution in [0, 0.1) is 6.92 Å². The van der Waals surface area contributed by atoms with Gasteiger partial charge in [0.15, 0.2) is 11.5 Å². The Labute approximate surface area is 187 Å². The van der Waals surface area contributed by atoms with Gasteiger partial charge in [-0.05, 0) is 41.8 Å². The Bertz CT molecular complexity index is 1200. The molecule has 0 aromatic heterocycles. The third-order valence-electron chi connectivity index (χ3n) is 5.43. The van der Waals surface area contributed by atoms with Gasteiger partial charge in [0.05, 0.1) is 26.3 Å². The molecule has 1 aliphatic rings. The maximum Gasteiger partial charge on any atom is 0.278 e. The number of carbonyl (C=O) groups excluding carboxylic acids is 2. The van der Waals surface area contributed by atoms with Crippen molar-refractivity contribution in [3.63, 3.8) is 0 Å². The first kappa shape index (κ1) is 21.2. The van der Waals surface area contributed by atoms with Crippen molar-refractivity contribution in [1.82, 2.24) is 4.90 Å². The Morgan fingerprint density at radius 1 is 0.812 bits per heavy atom. The minimum atomic E-state index is -0.369. The monoisotopic (exact) mass is 428 g/mol. The Morgan fingerprint density at radius 3 is 2.19 bits per heavy atom. The number of nitrogens with zero attached hydrogens (tertiary/aromatic N) is 1. The van der Waals surface area contributed by atoms with Gasteiger partial charge in [0.1, 0.15) is 5.70 Å². The number of hydrogen-bond acceptors (Lipinski definition) is 5. The molecule has 0 radical (unpaired) electrons. The molecule has 1 N–H and O–H groups in total. The summed E-state index contributed by atoms with van der Waals surface area (Å²) >= 11 is 0. The summed E-state index contributed by atoms with van der Waals surface area (Å²) in [5, 5.41) is 3.22. The van der Waals surface area contributed by atoms with E-state index in [9.17, 15) is 9.59 Å². The number of hydrogen-bond donors (Lipinski definition) is 1. The predicted molar refractivity (Wildman–Crippen MR) is 123 cm³/mol. The number of rotatable bonds is 7. The molecule has 3 aromatic rings. The van der Waals surface area contributed by atoms with Crippen molar-refractivity contribution in [3.05, 3.63) is 95.2 Å². The zero-order valence-electron chi connectivity index (χ0n) is 18.2. The first-order valence-electron chi connectivity index (χ1n) is 10.2. The number of methoxy groups -OCH3 is 2. The largest absolute Gasteiger partial charge is 0.493 e. The average Bonchev–Trinajstić information content (AvgIpc) is 3.05. The van der Waals surface area contributed by atoms with Gasteiger partial charge in [0.2, 0.25) is 0 Å². The maximum absolute atomic E-state index is 13.5. The molecule has 32 heavy (non-hydrogen) atoms. The van der Waals surface area contributed by atoms with Crippen LogP contribution in [0.25, 0.3) is 5.57 Å². The number of imide groups is 1. The van der Waals surface area contributed by atoms with Gasteiger partial charge in [-0.3, -0.25) is 14.5 Å². The molecule has 0 aliphatic carbocycles. The Balaban J connectivity index is 1.80. The number of amides is 2. The standard InChI is InChI=1S/C26H24N2O4/c1-17-9-7-8-12-20(17)27-24-23(19-13-14-21(31-2)22(15-19)32-3)25(29)28(26(24)30)16-18-10-5-4-6-11-18/h4-15,27H,16H2,1-3H3. The summed E-state index contributed by atoms with van der Waals surface area (Å²) < 4.78 is 10.7. The molecule has 6 nitrogen and oxygen atoms in total. The lowest BCUT2D eigenvalue weighted by molar-refractivity contribution is -0.137. The van der Waals surface area contributed by atoms with Crippen LogP contribution in [0.3, 0.4) is 0 Å². The molecule has 6 heteroatoms. The molecule has 0 saturated heterocycles. The van der Waals surface area contributed by atoms with E-state index in [0.717, 1.165) is 16.8 Å². The fourth-order valence-electron chi connectivity index (χ4n) is 3.71. The van der Waals surface area contributed by atoms with Gasteiger partial charge in [-0.25, -0.2) is 0 Å². The lowest BCUT2D eigenvalue weighted by Gasteiger charge is -2.16. The van der Waals surface area contributed by atoms with Crippen molar-refractivity contribution in [2.45, 2.75) is 13.5 Å². The SMILES string of the molecule is COc1ccc(C2=C(Nc3ccccc3C)C(=O)N(Cc3ccccc3)C2=O)cc1OC. The molecule has 0 atom stereocenters. The summed E-state index contributed by atoms with van der Waals surface area (Å²) in [6.45, 7) is 2.14. The van der Waals surface area contributed by atoms with E-state index in [-0.39, 0.29) is 24.1 Å². The van der Waals surface area contributed by atoms with Gasteiger partial charge in [-0.1, -0.05) is 54.6 Å². The van der Waals surface area contributed by atoms with E-state index >= 15 is 0 Å². The van der Waals surface area contributed by atoms with Gasteiger partial charge in [0.25, 0.3) is 11.8 Å². The van der Waals surface area contributed by atoms with Crippen LogP contribution in [0.4, 0.5) is 5.69 Å². The highest BCUT2D eigenvalue weighted by molar-refractivity contribution is 6.36. The van der Waals surface area contributed by atoms with Crippen LogP contribution in [-0.2, 0) is 16.1 Å². The van der Waals surface area contributed by atoms with Gasteiger partial charge < -0.3 is 14.8 Å². The topological polar surface area (TPSA) is 67.9 Å². The minimum Gasteiger partial charge on any atom is -0.493 e. The number of anilines is 1. The van der Waals surface area contributed by atoms with Crippen molar-refractivity contribution < 1.29 is 19.1 Å². The minimum absolute atomic E-state index is 0.189. The van der Waals surface area contributed by atoms with Crippen LogP contribution in [0.15, 0.2) is 78.5 Å². The Kier molecular flexibility index (Phi) is 5.94. The van der Waals surface area contributed by atoms with Crippen molar-refractivity contribution in [3.8, 4) is 11.5 Å². The van der Waals surface area contributed by atoms with E-state index in [1.807, 2.05) is 61.5 Å². The predicted octanol–water partition coefficient (Wildman–Crippen LogP) is 4.40. The highest BCUT2D eigenvalue weighted by Crippen LogP contribution is 2.36. The van der Waals surface area contributed by atoms with Crippen LogP contribution in [0.2, 0.25) is 0 Å². The fourth-order valence-corrected chi connectivity index (χ4v) is 3.71. The highest BCUT2D eigenvalue weighted by Gasteiger charge is 2.39. The van der Waals surface area contributed by atoms with E-state index in [2.05, 4.69) is 5.32 Å². The number of para-hydroxylation sites is 1. The number of benzene rings is 3. The zero-order valence-corrected chi connectivity index (χ0v) is 18.2. The van der Waals surface area contributed by atoms with E-state index in [0.29, 0.717) is 22.6 Å². The van der Waals surface area contributed by atoms with E-state index in [1.165, 1.54) is 12.0 Å². The molecular weight excluding hydrogens is 404 g/mol. The van der Waals surface area contributed by atoms with Crippen molar-refractivity contribution in [2.75, 3.05) is 19.5 Å². The molecular formula is C26H24N2O4. The average molecular weight is 428 g/mol. The molecule has 3 aromatic carbocycles. The van der Waals surface area contributed by atoms with Crippen molar-refractivity contribution >= 4 is 23.1 Å². The molecule has 1 heterocycles. The summed E-state index contributed by atoms with van der Waals surface area (Å²) in [5.74, 6) is 0.298. The van der Waals surface area contributed by atoms with E-state index in [1.54, 1.807) is 25.3 Å². The summed E-state index contributed by atoms with van der Waals surface area (Å²) in [4.78, 5) is 28.2. The lowest BCUT2D eigenvalue weighted by atomic mass is 10.0. The van der Waals surface area contributed by atoms with Gasteiger partial charge in [-0.2, -0.15) is 0 Å². The van der Waals surface area contributed by atoms with Gasteiger partial charge in [0, 0.05) is 5.69 Å². The molecule has 4 rings (SSSR count). The number of ether oxygens (including phenoxy) is 2. The third kappa shape index (κ3) is 3.95. The smallest absolute Gasteiger partial charge is 0.278 e. The molecule has 162 valence electrons. The fraction of sp³-hybridized carbons (Fsp3) is 0.154. The number of nitrogens with one attached hydrogen (secondary N) is 1. The molecule has 1 aliphatic heterocycles. The van der Waals surface area contributed by atoms with Crippen molar-refractivity contribution in [1.29, 1.82) is 0 Å². The number of carbonyl (C=O) groups is 2. The first-order chi connectivity index (χ1) is 15.5. The van der Waals surface area contributed by atoms with Crippen LogP contribution >= 0.6 is 0 Å². The quantitative estimate of drug-likeness (QED) is 0.565. The first-order valence-corrected chi connectivity index (χ1v) is 10.2. The summed E-state index contributed by atoms with van der Waals surface area (Å²) in [7, 11) is 3.08. The maximum atomic E-state index is 13.5. The summed E-state index contributed by atoms with van der Waals surface area (Å²) in [6.07, 6.45) is 0. The highest BCUT2D eigenvalue weighted by atomic mass is 16.5. The van der Waals surface area contributed by atoms with Crippen LogP contribution in [0.1, 0.15) is 16.7 Å². The van der Waals surface area contributed by atoms with Gasteiger partial charge in [-0.15, -0.1) is 0 Å². The second-order valence-electron chi connectivity index (χ2n) is 7.44. The zero-order chi connectivity index (χ0) is 22.7. The van der Waals surface area contributed by atoms with Crippen LogP contribution < -0.4 is 14.8 Å². The van der Waals surface area contributed by atoms with Crippen LogP contribution in [0.5, 0.6) is 11.5 Å². The molecule has 2 amide bonds. The van der Waals surface area contributed by atoms with E-state index in [4.69, 9.17) is 9.47 Å². The van der Waals surface area contributed by atoms with E-state index < -0.39 is 0 Å².